The van der Waals surface area contributed by atoms with Gasteiger partial charge in [-0.25, -0.2) is 14.4 Å². The van der Waals surface area contributed by atoms with E-state index in [0.717, 1.165) is 21.9 Å². The van der Waals surface area contributed by atoms with Gasteiger partial charge in [-0.2, -0.15) is 0 Å². The summed E-state index contributed by atoms with van der Waals surface area (Å²) in [6, 6.07) is 21.6. The fraction of sp³-hybridized carbons (Fsp3) is 0.200. The Balaban J connectivity index is 1.55. The summed E-state index contributed by atoms with van der Waals surface area (Å²) in [6.07, 6.45) is -0.968. The number of nitrogens with zero attached hydrogens (tertiary/aromatic N) is 2. The molecule has 0 spiro atoms. The van der Waals surface area contributed by atoms with Crippen molar-refractivity contribution in [3.05, 3.63) is 90.2 Å². The van der Waals surface area contributed by atoms with E-state index < -0.39 is 29.8 Å². The third-order valence-corrected chi connectivity index (χ3v) is 5.74. The van der Waals surface area contributed by atoms with Crippen molar-refractivity contribution in [3.63, 3.8) is 0 Å². The molecule has 3 aromatic carbocycles. The van der Waals surface area contributed by atoms with Crippen LogP contribution in [0.25, 0.3) is 0 Å². The van der Waals surface area contributed by atoms with Gasteiger partial charge in [0.1, 0.15) is 17.5 Å². The zero-order valence-electron chi connectivity index (χ0n) is 17.4. The molecule has 162 valence electrons. The number of para-hydroxylation sites is 1. The van der Waals surface area contributed by atoms with Crippen LogP contribution < -0.4 is 14.7 Å². The molecule has 0 aromatic heterocycles. The van der Waals surface area contributed by atoms with Crippen LogP contribution in [0.15, 0.2) is 78.9 Å². The topological polar surface area (TPSA) is 59.1 Å². The number of halogens is 1. The van der Waals surface area contributed by atoms with Crippen molar-refractivity contribution in [1.29, 1.82) is 0 Å². The van der Waals surface area contributed by atoms with E-state index in [1.807, 2.05) is 61.5 Å². The van der Waals surface area contributed by atoms with Crippen molar-refractivity contribution < 1.29 is 23.6 Å². The molecule has 7 heteroatoms. The average Bonchev–Trinajstić information content (AvgIpc) is 3.32. The second-order valence-corrected chi connectivity index (χ2v) is 7.65. The zero-order valence-corrected chi connectivity index (χ0v) is 17.4. The Kier molecular flexibility index (Phi) is 5.11. The normalized spacial score (nSPS) is 22.4. The summed E-state index contributed by atoms with van der Waals surface area (Å²) in [4.78, 5) is 33.9. The van der Waals surface area contributed by atoms with Gasteiger partial charge in [-0.3, -0.25) is 14.4 Å². The van der Waals surface area contributed by atoms with Gasteiger partial charge >= 0.3 is 0 Å². The van der Waals surface area contributed by atoms with Crippen molar-refractivity contribution in [2.45, 2.75) is 19.1 Å². The molecule has 2 aliphatic heterocycles. The first-order valence-corrected chi connectivity index (χ1v) is 10.5. The molecule has 0 saturated carbocycles. The minimum absolute atomic E-state index is 0.330. The second kappa shape index (κ2) is 8.09. The van der Waals surface area contributed by atoms with E-state index in [1.54, 1.807) is 5.06 Å². The summed E-state index contributed by atoms with van der Waals surface area (Å²) in [5.74, 6) is -1.29. The Hall–Kier alpha value is -3.71. The predicted octanol–water partition coefficient (Wildman–Crippen LogP) is 4.28. The lowest BCUT2D eigenvalue weighted by Gasteiger charge is -2.28. The van der Waals surface area contributed by atoms with Gasteiger partial charge in [0.05, 0.1) is 24.0 Å². The summed E-state index contributed by atoms with van der Waals surface area (Å²) in [6.45, 7) is 2.46. The number of carbonyl (C=O) groups excluding carboxylic acids is 2. The van der Waals surface area contributed by atoms with Crippen LogP contribution in [-0.4, -0.2) is 24.5 Å². The van der Waals surface area contributed by atoms with Crippen LogP contribution in [0.3, 0.4) is 0 Å². The number of ether oxygens (including phenoxy) is 1. The fourth-order valence-electron chi connectivity index (χ4n) is 4.32. The van der Waals surface area contributed by atoms with E-state index in [0.29, 0.717) is 12.3 Å². The number of carbonyl (C=O) groups is 2. The quantitative estimate of drug-likeness (QED) is 0.564. The lowest BCUT2D eigenvalue weighted by molar-refractivity contribution is -0.126. The molecule has 5 rings (SSSR count). The van der Waals surface area contributed by atoms with Crippen LogP contribution in [0.5, 0.6) is 5.75 Å². The molecule has 0 N–H and O–H groups in total. The maximum Gasteiger partial charge on any atom is 0.266 e. The van der Waals surface area contributed by atoms with Crippen LogP contribution in [0, 0.1) is 11.7 Å². The molecule has 2 saturated heterocycles. The van der Waals surface area contributed by atoms with Crippen LogP contribution in [0.1, 0.15) is 18.5 Å². The molecule has 32 heavy (non-hydrogen) atoms. The van der Waals surface area contributed by atoms with Crippen molar-refractivity contribution in [2.24, 2.45) is 5.92 Å². The molecule has 0 aliphatic carbocycles. The fourth-order valence-corrected chi connectivity index (χ4v) is 4.32. The van der Waals surface area contributed by atoms with E-state index in [4.69, 9.17) is 9.57 Å². The molecule has 0 bridgehead atoms. The first-order valence-electron chi connectivity index (χ1n) is 10.5. The second-order valence-electron chi connectivity index (χ2n) is 7.65. The molecule has 2 heterocycles. The monoisotopic (exact) mass is 432 g/mol. The van der Waals surface area contributed by atoms with Crippen molar-refractivity contribution in [3.8, 4) is 5.75 Å². The number of benzene rings is 3. The van der Waals surface area contributed by atoms with Gasteiger partial charge in [0.15, 0.2) is 6.10 Å². The van der Waals surface area contributed by atoms with Gasteiger partial charge in [0.2, 0.25) is 5.91 Å². The van der Waals surface area contributed by atoms with Crippen LogP contribution in [0.2, 0.25) is 0 Å². The Morgan fingerprint density at radius 2 is 1.56 bits per heavy atom. The Morgan fingerprint density at radius 3 is 2.22 bits per heavy atom. The largest absolute Gasteiger partial charge is 0.494 e. The molecular formula is C25H21FN2O4. The number of amides is 2. The molecule has 0 radical (unpaired) electrons. The summed E-state index contributed by atoms with van der Waals surface area (Å²) in [7, 11) is 0. The smallest absolute Gasteiger partial charge is 0.266 e. The third kappa shape index (κ3) is 3.31. The molecule has 6 nitrogen and oxygen atoms in total. The highest BCUT2D eigenvalue weighted by Crippen LogP contribution is 2.47. The maximum absolute atomic E-state index is 13.5. The molecule has 2 amide bonds. The summed E-state index contributed by atoms with van der Waals surface area (Å²) in [5, 5.41) is 1.64. The van der Waals surface area contributed by atoms with Gasteiger partial charge in [0, 0.05) is 0 Å². The summed E-state index contributed by atoms with van der Waals surface area (Å²) >= 11 is 0. The van der Waals surface area contributed by atoms with Gasteiger partial charge in [-0.05, 0) is 61.0 Å². The van der Waals surface area contributed by atoms with Crippen LogP contribution in [0.4, 0.5) is 15.8 Å². The van der Waals surface area contributed by atoms with Crippen LogP contribution >= 0.6 is 0 Å². The minimum Gasteiger partial charge on any atom is -0.494 e. The van der Waals surface area contributed by atoms with Crippen molar-refractivity contribution in [1.82, 2.24) is 0 Å². The van der Waals surface area contributed by atoms with E-state index >= 15 is 0 Å². The van der Waals surface area contributed by atoms with Gasteiger partial charge < -0.3 is 4.74 Å². The number of hydroxylamine groups is 1. The van der Waals surface area contributed by atoms with Crippen molar-refractivity contribution in [2.75, 3.05) is 16.6 Å². The Bertz CT molecular complexity index is 1130. The number of fused-ring (bicyclic) bond motifs is 1. The highest BCUT2D eigenvalue weighted by Gasteiger charge is 2.60. The number of rotatable bonds is 5. The molecular weight excluding hydrogens is 411 g/mol. The predicted molar refractivity (Wildman–Crippen MR) is 117 cm³/mol. The first-order chi connectivity index (χ1) is 15.6. The number of hydrogen-bond acceptors (Lipinski definition) is 5. The van der Waals surface area contributed by atoms with E-state index in [9.17, 15) is 14.0 Å². The molecule has 2 fully saturated rings. The Labute approximate surface area is 184 Å². The van der Waals surface area contributed by atoms with Crippen molar-refractivity contribution >= 4 is 23.2 Å². The minimum atomic E-state index is -0.968. The maximum atomic E-state index is 13.5. The summed E-state index contributed by atoms with van der Waals surface area (Å²) < 4.78 is 18.9. The average molecular weight is 432 g/mol. The molecule has 3 atom stereocenters. The zero-order chi connectivity index (χ0) is 22.2. The van der Waals surface area contributed by atoms with E-state index in [2.05, 4.69) is 0 Å². The first kappa shape index (κ1) is 20.2. The van der Waals surface area contributed by atoms with Gasteiger partial charge in [-0.1, -0.05) is 30.3 Å². The van der Waals surface area contributed by atoms with E-state index in [-0.39, 0.29) is 5.91 Å². The van der Waals surface area contributed by atoms with E-state index in [1.165, 1.54) is 24.3 Å². The van der Waals surface area contributed by atoms with Gasteiger partial charge in [0.25, 0.3) is 5.91 Å². The summed E-state index contributed by atoms with van der Waals surface area (Å²) in [5.41, 5.74) is 1.90. The number of imide groups is 1. The molecule has 3 aromatic rings. The van der Waals surface area contributed by atoms with Crippen LogP contribution in [-0.2, 0) is 14.4 Å². The SMILES string of the molecule is CCOc1ccc([C@@H]2[C@H]3C(=O)N(c4ccc(F)cc4)C(=O)[C@@H]3ON2c2ccccc2)cc1. The standard InChI is InChI=1S/C25H21FN2O4/c1-2-31-20-14-8-16(9-15-20)22-21-23(32-28(22)19-6-4-3-5-7-19)25(30)27(24(21)29)18-12-10-17(26)11-13-18/h3-15,21-23H,2H2,1H3/t21-,22-,23-/m1/s1. The highest BCUT2D eigenvalue weighted by atomic mass is 19.1. The number of hydrogen-bond donors (Lipinski definition) is 0. The highest BCUT2D eigenvalue weighted by molar-refractivity contribution is 6.23. The lowest BCUT2D eigenvalue weighted by atomic mass is 9.90. The number of anilines is 2. The molecule has 0 unspecified atom stereocenters. The third-order valence-electron chi connectivity index (χ3n) is 5.74. The Morgan fingerprint density at radius 1 is 0.875 bits per heavy atom. The molecule has 2 aliphatic rings. The lowest BCUT2D eigenvalue weighted by Crippen LogP contribution is -2.37. The van der Waals surface area contributed by atoms with Gasteiger partial charge in [-0.15, -0.1) is 0 Å².